The van der Waals surface area contributed by atoms with Crippen LogP contribution in [0.3, 0.4) is 0 Å². The van der Waals surface area contributed by atoms with E-state index in [2.05, 4.69) is 34.9 Å². The summed E-state index contributed by atoms with van der Waals surface area (Å²) in [6, 6.07) is 0. The van der Waals surface area contributed by atoms with E-state index in [4.69, 9.17) is 5.41 Å². The van der Waals surface area contributed by atoms with Crippen LogP contribution < -0.4 is 5.49 Å². The predicted octanol–water partition coefficient (Wildman–Crippen LogP) is 0.612. The number of imidazole rings is 2. The summed E-state index contributed by atoms with van der Waals surface area (Å²) in [5.41, 5.74) is 3.31. The van der Waals surface area contributed by atoms with Gasteiger partial charge in [-0.25, -0.2) is 24.9 Å². The van der Waals surface area contributed by atoms with Gasteiger partial charge in [0.15, 0.2) is 16.8 Å². The molecule has 0 saturated heterocycles. The molecule has 9 nitrogen and oxygen atoms in total. The Kier molecular flexibility index (Phi) is 3.37. The lowest BCUT2D eigenvalue weighted by Crippen LogP contribution is -2.19. The summed E-state index contributed by atoms with van der Waals surface area (Å²) in [6.07, 6.45) is 7.94. The van der Waals surface area contributed by atoms with Crippen LogP contribution in [0.15, 0.2) is 31.5 Å². The van der Waals surface area contributed by atoms with E-state index in [1.54, 1.807) is 29.7 Å². The summed E-state index contributed by atoms with van der Waals surface area (Å²) in [7, 11) is 0. The molecule has 0 atom stereocenters. The molecule has 0 unspecified atom stereocenters. The molecule has 0 spiro atoms. The quantitative estimate of drug-likeness (QED) is 0.472. The van der Waals surface area contributed by atoms with E-state index in [9.17, 15) is 0 Å². The lowest BCUT2D eigenvalue weighted by molar-refractivity contribution is 0.693. The van der Waals surface area contributed by atoms with E-state index in [1.165, 1.54) is 6.33 Å². The molecule has 4 aromatic rings. The molecule has 9 heteroatoms. The lowest BCUT2D eigenvalue weighted by Gasteiger charge is -2.00. The Bertz CT molecular complexity index is 887. The number of aryl methyl sites for hydroxylation is 1. The minimum Gasteiger partial charge on any atom is -0.342 e. The molecule has 4 heterocycles. The fourth-order valence-corrected chi connectivity index (χ4v) is 1.82. The molecule has 0 amide bonds. The average Bonchev–Trinajstić information content (AvgIpc) is 3.17. The highest BCUT2D eigenvalue weighted by atomic mass is 15.1. The highest BCUT2D eigenvalue weighted by Crippen LogP contribution is 1.99. The van der Waals surface area contributed by atoms with Crippen molar-refractivity contribution >= 4 is 22.3 Å². The maximum Gasteiger partial charge on any atom is 0.182 e. The van der Waals surface area contributed by atoms with Gasteiger partial charge in [0, 0.05) is 6.54 Å². The van der Waals surface area contributed by atoms with E-state index >= 15 is 0 Å². The standard InChI is InChI=1S/C7H9N5.C5H4N4/c1-2-12-4-11-7-5(6(12)8)9-3-10-7;1-4-5(8-2-6-1)9-3-7-4/h3-4,8H,2H2,1H3,(H,9,10);1-3H,(H,6,7,8,9). The molecular formula is C12H13N9. The fourth-order valence-electron chi connectivity index (χ4n) is 1.82. The van der Waals surface area contributed by atoms with Crippen molar-refractivity contribution in [2.45, 2.75) is 13.5 Å². The number of aromatic nitrogens is 8. The topological polar surface area (TPSA) is 125 Å². The molecule has 0 aliphatic rings. The van der Waals surface area contributed by atoms with Crippen LogP contribution in [0.1, 0.15) is 6.92 Å². The summed E-state index contributed by atoms with van der Waals surface area (Å²) < 4.78 is 1.75. The highest BCUT2D eigenvalue weighted by molar-refractivity contribution is 5.67. The van der Waals surface area contributed by atoms with Crippen LogP contribution in [-0.4, -0.2) is 39.5 Å². The minimum absolute atomic E-state index is 0.431. The summed E-state index contributed by atoms with van der Waals surface area (Å²) in [5.74, 6) is 0. The van der Waals surface area contributed by atoms with Crippen molar-refractivity contribution in [2.24, 2.45) is 0 Å². The van der Waals surface area contributed by atoms with Gasteiger partial charge < -0.3 is 14.5 Å². The second-order valence-corrected chi connectivity index (χ2v) is 4.14. The van der Waals surface area contributed by atoms with Crippen LogP contribution in [-0.2, 0) is 6.54 Å². The number of aromatic amines is 2. The van der Waals surface area contributed by atoms with Crippen molar-refractivity contribution in [3.8, 4) is 0 Å². The van der Waals surface area contributed by atoms with E-state index in [0.29, 0.717) is 22.3 Å². The lowest BCUT2D eigenvalue weighted by atomic mass is 10.5. The third kappa shape index (κ3) is 2.48. The van der Waals surface area contributed by atoms with E-state index in [0.717, 1.165) is 12.1 Å². The zero-order chi connectivity index (χ0) is 14.7. The van der Waals surface area contributed by atoms with Gasteiger partial charge in [-0.15, -0.1) is 0 Å². The molecule has 106 valence electrons. The summed E-state index contributed by atoms with van der Waals surface area (Å²) >= 11 is 0. The fraction of sp³-hybridized carbons (Fsp3) is 0.167. The maximum atomic E-state index is 7.71. The smallest absolute Gasteiger partial charge is 0.182 e. The number of fused-ring (bicyclic) bond motifs is 2. The Morgan fingerprint density at radius 3 is 2.71 bits per heavy atom. The Labute approximate surface area is 118 Å². The zero-order valence-corrected chi connectivity index (χ0v) is 11.3. The molecule has 0 saturated carbocycles. The first-order chi connectivity index (χ1) is 10.3. The largest absolute Gasteiger partial charge is 0.342 e. The normalized spacial score (nSPS) is 10.5. The summed E-state index contributed by atoms with van der Waals surface area (Å²) in [5, 5.41) is 7.71. The van der Waals surface area contributed by atoms with Crippen molar-refractivity contribution in [1.82, 2.24) is 39.5 Å². The van der Waals surface area contributed by atoms with Gasteiger partial charge in [0.2, 0.25) is 0 Å². The Balaban J connectivity index is 0.000000131. The van der Waals surface area contributed by atoms with Crippen LogP contribution in [0.25, 0.3) is 22.3 Å². The Hall–Kier alpha value is -3.10. The minimum atomic E-state index is 0.431. The predicted molar refractivity (Wildman–Crippen MR) is 75.1 cm³/mol. The van der Waals surface area contributed by atoms with Crippen LogP contribution in [0.5, 0.6) is 0 Å². The number of nitrogens with one attached hydrogen (secondary N) is 3. The van der Waals surface area contributed by atoms with Crippen molar-refractivity contribution in [3.63, 3.8) is 0 Å². The highest BCUT2D eigenvalue weighted by Gasteiger charge is 2.00. The van der Waals surface area contributed by atoms with Gasteiger partial charge in [-0.2, -0.15) is 0 Å². The monoisotopic (exact) mass is 283 g/mol. The van der Waals surface area contributed by atoms with Gasteiger partial charge in [-0.05, 0) is 6.92 Å². The van der Waals surface area contributed by atoms with Crippen LogP contribution in [0, 0.1) is 5.41 Å². The molecule has 0 bridgehead atoms. The molecule has 3 N–H and O–H groups in total. The number of H-pyrrole nitrogens is 2. The van der Waals surface area contributed by atoms with Crippen molar-refractivity contribution < 1.29 is 0 Å². The first-order valence-corrected chi connectivity index (χ1v) is 6.31. The second kappa shape index (κ2) is 5.49. The SMILES string of the molecule is CCn1cnc2nc[nH]c2c1=N.c1ncc2[nH]cnc2n1. The first kappa shape index (κ1) is 12.9. The molecular weight excluding hydrogens is 270 g/mol. The van der Waals surface area contributed by atoms with Gasteiger partial charge in [-0.1, -0.05) is 0 Å². The van der Waals surface area contributed by atoms with E-state index in [1.807, 2.05) is 6.92 Å². The number of rotatable bonds is 1. The third-order valence-electron chi connectivity index (χ3n) is 2.90. The van der Waals surface area contributed by atoms with Gasteiger partial charge in [0.1, 0.15) is 17.4 Å². The van der Waals surface area contributed by atoms with E-state index in [-0.39, 0.29) is 0 Å². The third-order valence-corrected chi connectivity index (χ3v) is 2.90. The Morgan fingerprint density at radius 2 is 1.90 bits per heavy atom. The van der Waals surface area contributed by atoms with Gasteiger partial charge in [0.05, 0.1) is 25.2 Å². The molecule has 0 aliphatic heterocycles. The van der Waals surface area contributed by atoms with E-state index < -0.39 is 0 Å². The van der Waals surface area contributed by atoms with Crippen LogP contribution in [0.4, 0.5) is 0 Å². The maximum absolute atomic E-state index is 7.71. The van der Waals surface area contributed by atoms with Crippen molar-refractivity contribution in [3.05, 3.63) is 37.0 Å². The van der Waals surface area contributed by atoms with Crippen LogP contribution in [0.2, 0.25) is 0 Å². The molecule has 4 aromatic heterocycles. The first-order valence-electron chi connectivity index (χ1n) is 6.31. The molecule has 4 rings (SSSR count). The zero-order valence-electron chi connectivity index (χ0n) is 11.3. The van der Waals surface area contributed by atoms with Gasteiger partial charge >= 0.3 is 0 Å². The molecule has 0 aliphatic carbocycles. The van der Waals surface area contributed by atoms with Crippen molar-refractivity contribution in [2.75, 3.05) is 0 Å². The number of nitrogens with zero attached hydrogens (tertiary/aromatic N) is 6. The Morgan fingerprint density at radius 1 is 1.10 bits per heavy atom. The molecule has 0 fully saturated rings. The van der Waals surface area contributed by atoms with Gasteiger partial charge in [-0.3, -0.25) is 5.41 Å². The van der Waals surface area contributed by atoms with Gasteiger partial charge in [0.25, 0.3) is 0 Å². The number of hydrogen-bond acceptors (Lipinski definition) is 6. The summed E-state index contributed by atoms with van der Waals surface area (Å²) in [4.78, 5) is 25.4. The molecule has 0 aromatic carbocycles. The molecule has 0 radical (unpaired) electrons. The average molecular weight is 283 g/mol. The number of hydrogen-bond donors (Lipinski definition) is 3. The van der Waals surface area contributed by atoms with Crippen LogP contribution >= 0.6 is 0 Å². The molecule has 21 heavy (non-hydrogen) atoms. The van der Waals surface area contributed by atoms with Crippen molar-refractivity contribution in [1.29, 1.82) is 5.41 Å². The summed E-state index contributed by atoms with van der Waals surface area (Å²) in [6.45, 7) is 2.72. The second-order valence-electron chi connectivity index (χ2n) is 4.14.